The summed E-state index contributed by atoms with van der Waals surface area (Å²) in [5, 5.41) is 16.9. The Morgan fingerprint density at radius 1 is 1.21 bits per heavy atom. The average molecular weight is 508 g/mol. The summed E-state index contributed by atoms with van der Waals surface area (Å²) in [6.07, 6.45) is 2.20. The summed E-state index contributed by atoms with van der Waals surface area (Å²) in [5.41, 5.74) is 0.105. The SMILES string of the molecule is CC(C)(C)C(NC(=O)Nc1ccc(Cl)cc1)C(=O)N1CCC(Cn2ccsc2=NC(=O)O)CC1. The maximum Gasteiger partial charge on any atom is 0.433 e. The lowest BCUT2D eigenvalue weighted by Gasteiger charge is -2.38. The number of aromatic nitrogens is 1. The van der Waals surface area contributed by atoms with E-state index in [0.29, 0.717) is 41.1 Å². The number of thiazole rings is 1. The van der Waals surface area contributed by atoms with Crippen LogP contribution in [-0.4, -0.2) is 51.7 Å². The van der Waals surface area contributed by atoms with Crippen LogP contribution in [0, 0.1) is 11.3 Å². The van der Waals surface area contributed by atoms with Crippen LogP contribution in [0.4, 0.5) is 15.3 Å². The molecular formula is C23H30ClN5O4S. The van der Waals surface area contributed by atoms with Gasteiger partial charge in [-0.05, 0) is 48.4 Å². The molecule has 3 N–H and O–H groups in total. The number of hydrogen-bond donors (Lipinski definition) is 3. The standard InChI is InChI=1S/C23H30ClN5O4S/c1-23(2,3)18(26-20(31)25-17-6-4-16(24)5-7-17)19(30)28-10-8-15(9-11-28)14-29-12-13-34-21(29)27-22(32)33/h4-7,12-13,15,18H,8-11,14H2,1-3H3,(H,32,33)(H2,25,26,31). The molecule has 1 saturated heterocycles. The van der Waals surface area contributed by atoms with E-state index in [1.807, 2.05) is 36.9 Å². The number of piperidine rings is 1. The molecule has 184 valence electrons. The lowest BCUT2D eigenvalue weighted by atomic mass is 9.85. The van der Waals surface area contributed by atoms with E-state index in [0.717, 1.165) is 12.8 Å². The molecule has 4 amide bonds. The van der Waals surface area contributed by atoms with E-state index in [-0.39, 0.29) is 5.91 Å². The summed E-state index contributed by atoms with van der Waals surface area (Å²) in [5.74, 6) is 0.197. The molecular weight excluding hydrogens is 478 g/mol. The van der Waals surface area contributed by atoms with Crippen LogP contribution in [0.1, 0.15) is 33.6 Å². The van der Waals surface area contributed by atoms with E-state index < -0.39 is 23.6 Å². The number of carbonyl (C=O) groups excluding carboxylic acids is 2. The number of nitrogens with zero attached hydrogens (tertiary/aromatic N) is 3. The van der Waals surface area contributed by atoms with Gasteiger partial charge in [0.1, 0.15) is 6.04 Å². The molecule has 1 unspecified atom stereocenters. The van der Waals surface area contributed by atoms with Crippen molar-refractivity contribution in [1.82, 2.24) is 14.8 Å². The Morgan fingerprint density at radius 2 is 1.85 bits per heavy atom. The number of nitrogens with one attached hydrogen (secondary N) is 2. The molecule has 1 fully saturated rings. The Kier molecular flexibility index (Phi) is 8.37. The van der Waals surface area contributed by atoms with Crippen molar-refractivity contribution in [2.75, 3.05) is 18.4 Å². The van der Waals surface area contributed by atoms with Gasteiger partial charge >= 0.3 is 12.1 Å². The number of amides is 4. The molecule has 1 atom stereocenters. The number of urea groups is 1. The van der Waals surface area contributed by atoms with Crippen molar-refractivity contribution in [2.45, 2.75) is 46.2 Å². The minimum Gasteiger partial charge on any atom is -0.463 e. The van der Waals surface area contributed by atoms with Crippen LogP contribution in [0.3, 0.4) is 0 Å². The van der Waals surface area contributed by atoms with Gasteiger partial charge < -0.3 is 25.2 Å². The first-order chi connectivity index (χ1) is 16.0. The number of rotatable bonds is 5. The topological polar surface area (TPSA) is 116 Å². The lowest BCUT2D eigenvalue weighted by Crippen LogP contribution is -2.56. The van der Waals surface area contributed by atoms with E-state index in [1.54, 1.807) is 29.2 Å². The van der Waals surface area contributed by atoms with Crippen LogP contribution in [0.2, 0.25) is 5.02 Å². The summed E-state index contributed by atoms with van der Waals surface area (Å²) in [4.78, 5) is 42.7. The second-order valence-corrected chi connectivity index (χ2v) is 10.7. The largest absolute Gasteiger partial charge is 0.463 e. The Morgan fingerprint density at radius 3 is 2.44 bits per heavy atom. The zero-order chi connectivity index (χ0) is 24.9. The van der Waals surface area contributed by atoms with Crippen molar-refractivity contribution in [2.24, 2.45) is 16.3 Å². The summed E-state index contributed by atoms with van der Waals surface area (Å²) in [6.45, 7) is 7.57. The molecule has 0 spiro atoms. The normalized spacial score (nSPS) is 16.2. The predicted octanol–water partition coefficient (Wildman–Crippen LogP) is 4.26. The van der Waals surface area contributed by atoms with Gasteiger partial charge in [-0.2, -0.15) is 0 Å². The molecule has 1 aliphatic rings. The third kappa shape index (κ3) is 7.07. The summed E-state index contributed by atoms with van der Waals surface area (Å²) in [7, 11) is 0. The fourth-order valence-electron chi connectivity index (χ4n) is 3.88. The smallest absolute Gasteiger partial charge is 0.433 e. The van der Waals surface area contributed by atoms with E-state index >= 15 is 0 Å². The molecule has 9 nitrogen and oxygen atoms in total. The van der Waals surface area contributed by atoms with Crippen LogP contribution in [0.25, 0.3) is 0 Å². The van der Waals surface area contributed by atoms with Crippen LogP contribution in [-0.2, 0) is 11.3 Å². The highest BCUT2D eigenvalue weighted by Crippen LogP contribution is 2.25. The van der Waals surface area contributed by atoms with Gasteiger partial charge in [-0.25, -0.2) is 9.59 Å². The van der Waals surface area contributed by atoms with E-state index in [4.69, 9.17) is 16.7 Å². The molecule has 3 rings (SSSR count). The van der Waals surface area contributed by atoms with E-state index in [1.165, 1.54) is 11.3 Å². The van der Waals surface area contributed by atoms with Crippen molar-refractivity contribution < 1.29 is 19.5 Å². The maximum atomic E-state index is 13.4. The highest BCUT2D eigenvalue weighted by molar-refractivity contribution is 7.07. The minimum atomic E-state index is -1.21. The lowest BCUT2D eigenvalue weighted by molar-refractivity contribution is -0.137. The fourth-order valence-corrected chi connectivity index (χ4v) is 4.74. The van der Waals surface area contributed by atoms with Crippen molar-refractivity contribution in [3.05, 3.63) is 45.7 Å². The number of halogens is 1. The zero-order valence-corrected chi connectivity index (χ0v) is 21.0. The molecule has 0 bridgehead atoms. The Bertz CT molecular complexity index is 1080. The van der Waals surface area contributed by atoms with Gasteiger partial charge in [-0.15, -0.1) is 16.3 Å². The van der Waals surface area contributed by atoms with E-state index in [2.05, 4.69) is 15.6 Å². The molecule has 34 heavy (non-hydrogen) atoms. The second kappa shape index (κ2) is 11.1. The summed E-state index contributed by atoms with van der Waals surface area (Å²) in [6, 6.07) is 5.61. The van der Waals surface area contributed by atoms with Crippen LogP contribution in [0.15, 0.2) is 40.8 Å². The minimum absolute atomic E-state index is 0.109. The first-order valence-corrected chi connectivity index (χ1v) is 12.3. The zero-order valence-electron chi connectivity index (χ0n) is 19.5. The predicted molar refractivity (Wildman–Crippen MR) is 132 cm³/mol. The van der Waals surface area contributed by atoms with Crippen molar-refractivity contribution in [1.29, 1.82) is 0 Å². The molecule has 0 radical (unpaired) electrons. The number of anilines is 1. The van der Waals surface area contributed by atoms with Gasteiger partial charge in [0, 0.05) is 41.9 Å². The van der Waals surface area contributed by atoms with Crippen LogP contribution >= 0.6 is 22.9 Å². The first-order valence-electron chi connectivity index (χ1n) is 11.1. The van der Waals surface area contributed by atoms with Crippen molar-refractivity contribution in [3.63, 3.8) is 0 Å². The molecule has 0 saturated carbocycles. The van der Waals surface area contributed by atoms with Gasteiger partial charge in [0.15, 0.2) is 4.80 Å². The molecule has 1 aromatic heterocycles. The monoisotopic (exact) mass is 507 g/mol. The maximum absolute atomic E-state index is 13.4. The molecule has 2 aromatic rings. The van der Waals surface area contributed by atoms with Gasteiger partial charge in [0.25, 0.3) is 0 Å². The molecule has 0 aliphatic carbocycles. The quantitative estimate of drug-likeness (QED) is 0.560. The highest BCUT2D eigenvalue weighted by atomic mass is 35.5. The number of likely N-dealkylation sites (tertiary alicyclic amines) is 1. The van der Waals surface area contributed by atoms with Gasteiger partial charge in [0.2, 0.25) is 5.91 Å². The fraction of sp³-hybridized carbons (Fsp3) is 0.478. The molecule has 2 heterocycles. The van der Waals surface area contributed by atoms with Crippen LogP contribution in [0.5, 0.6) is 0 Å². The number of carboxylic acid groups (broad SMARTS) is 1. The number of carbonyl (C=O) groups is 3. The van der Waals surface area contributed by atoms with Crippen molar-refractivity contribution in [3.8, 4) is 0 Å². The summed E-state index contributed by atoms with van der Waals surface area (Å²) < 4.78 is 1.85. The Hall–Kier alpha value is -2.85. The molecule has 1 aromatic carbocycles. The average Bonchev–Trinajstić information content (AvgIpc) is 3.18. The van der Waals surface area contributed by atoms with Gasteiger partial charge in [0.05, 0.1) is 0 Å². The van der Waals surface area contributed by atoms with Gasteiger partial charge in [-0.3, -0.25) is 4.79 Å². The van der Waals surface area contributed by atoms with Gasteiger partial charge in [-0.1, -0.05) is 32.4 Å². The van der Waals surface area contributed by atoms with E-state index in [9.17, 15) is 14.4 Å². The first kappa shape index (κ1) is 25.8. The third-order valence-electron chi connectivity index (χ3n) is 5.72. The van der Waals surface area contributed by atoms with Crippen molar-refractivity contribution >= 4 is 46.7 Å². The summed E-state index contributed by atoms with van der Waals surface area (Å²) >= 11 is 7.17. The third-order valence-corrected chi connectivity index (χ3v) is 6.77. The second-order valence-electron chi connectivity index (χ2n) is 9.41. The van der Waals surface area contributed by atoms with Crippen LogP contribution < -0.4 is 15.4 Å². The number of hydrogen-bond acceptors (Lipinski definition) is 4. The molecule has 1 aliphatic heterocycles. The number of benzene rings is 1. The highest BCUT2D eigenvalue weighted by Gasteiger charge is 2.37. The Balaban J connectivity index is 1.59. The molecule has 11 heteroatoms. The Labute approximate surface area is 207 Å².